The molecule has 1 aliphatic carbocycles. The third kappa shape index (κ3) is 5.50. The summed E-state index contributed by atoms with van der Waals surface area (Å²) in [7, 11) is 0. The van der Waals surface area contributed by atoms with E-state index in [0.29, 0.717) is 19.1 Å². The van der Waals surface area contributed by atoms with Gasteiger partial charge in [0, 0.05) is 25.6 Å². The first kappa shape index (κ1) is 20.2. The fourth-order valence-electron chi connectivity index (χ4n) is 3.99. The van der Waals surface area contributed by atoms with Crippen molar-refractivity contribution in [2.75, 3.05) is 13.2 Å². The Hall–Kier alpha value is -2.51. The molecule has 3 rings (SSSR count). The van der Waals surface area contributed by atoms with Crippen LogP contribution in [-0.2, 0) is 6.54 Å². The van der Waals surface area contributed by atoms with Gasteiger partial charge in [-0.15, -0.1) is 0 Å². The molecule has 0 spiro atoms. The molecule has 28 heavy (non-hydrogen) atoms. The molecule has 1 saturated carbocycles. The summed E-state index contributed by atoms with van der Waals surface area (Å²) < 4.78 is 12.3. The zero-order valence-electron chi connectivity index (χ0n) is 16.7. The van der Waals surface area contributed by atoms with Gasteiger partial charge in [0.15, 0.2) is 11.5 Å². The molecular weight excluding hydrogens is 348 g/mol. The van der Waals surface area contributed by atoms with E-state index in [9.17, 15) is 0 Å². The predicted octanol–water partition coefficient (Wildman–Crippen LogP) is 5.19. The summed E-state index contributed by atoms with van der Waals surface area (Å²) in [6.07, 6.45) is 5.15. The van der Waals surface area contributed by atoms with Crippen molar-refractivity contribution in [1.82, 2.24) is 4.90 Å². The van der Waals surface area contributed by atoms with Crippen molar-refractivity contribution in [3.63, 3.8) is 0 Å². The van der Waals surface area contributed by atoms with Crippen LogP contribution < -0.4 is 9.47 Å². The van der Waals surface area contributed by atoms with Gasteiger partial charge in [-0.2, -0.15) is 5.26 Å². The van der Waals surface area contributed by atoms with E-state index in [-0.39, 0.29) is 6.10 Å². The van der Waals surface area contributed by atoms with E-state index < -0.39 is 0 Å². The lowest BCUT2D eigenvalue weighted by Crippen LogP contribution is -2.48. The van der Waals surface area contributed by atoms with Crippen molar-refractivity contribution in [3.05, 3.63) is 60.2 Å². The predicted molar refractivity (Wildman–Crippen MR) is 111 cm³/mol. The maximum atomic E-state index is 9.15. The minimum absolute atomic E-state index is 0.109. The molecule has 1 fully saturated rings. The number of ether oxygens (including phenoxy) is 2. The molecule has 0 amide bonds. The van der Waals surface area contributed by atoms with Gasteiger partial charge in [-0.3, -0.25) is 4.90 Å². The molecule has 2 aromatic rings. The summed E-state index contributed by atoms with van der Waals surface area (Å²) in [4.78, 5) is 2.44. The summed E-state index contributed by atoms with van der Waals surface area (Å²) in [6, 6.07) is 21.0. The van der Waals surface area contributed by atoms with Crippen LogP contribution in [0.1, 0.15) is 44.6 Å². The monoisotopic (exact) mass is 378 g/mol. The topological polar surface area (TPSA) is 45.5 Å². The lowest BCUT2D eigenvalue weighted by Gasteiger charge is -2.40. The second-order valence-corrected chi connectivity index (χ2v) is 7.25. The molecule has 0 radical (unpaired) electrons. The maximum Gasteiger partial charge on any atom is 0.161 e. The van der Waals surface area contributed by atoms with E-state index >= 15 is 0 Å². The van der Waals surface area contributed by atoms with Crippen molar-refractivity contribution in [2.45, 2.75) is 57.7 Å². The van der Waals surface area contributed by atoms with Gasteiger partial charge in [-0.1, -0.05) is 48.9 Å². The maximum absolute atomic E-state index is 9.15. The van der Waals surface area contributed by atoms with Crippen LogP contribution in [0.3, 0.4) is 0 Å². The molecular formula is C24H30N2O2. The van der Waals surface area contributed by atoms with Crippen LogP contribution in [0, 0.1) is 11.3 Å². The van der Waals surface area contributed by atoms with Crippen LogP contribution in [0.4, 0.5) is 0 Å². The fourth-order valence-corrected chi connectivity index (χ4v) is 3.99. The molecule has 0 bridgehead atoms. The van der Waals surface area contributed by atoms with Gasteiger partial charge in [0.25, 0.3) is 0 Å². The number of hydrogen-bond acceptors (Lipinski definition) is 4. The van der Waals surface area contributed by atoms with Gasteiger partial charge >= 0.3 is 0 Å². The van der Waals surface area contributed by atoms with Crippen LogP contribution in [0.25, 0.3) is 0 Å². The van der Waals surface area contributed by atoms with Crippen LogP contribution in [0.5, 0.6) is 11.5 Å². The first-order valence-electron chi connectivity index (χ1n) is 10.3. The summed E-state index contributed by atoms with van der Waals surface area (Å²) in [5.74, 6) is 1.63. The first-order chi connectivity index (χ1) is 13.8. The van der Waals surface area contributed by atoms with E-state index in [0.717, 1.165) is 37.4 Å². The van der Waals surface area contributed by atoms with Crippen molar-refractivity contribution in [1.29, 1.82) is 5.26 Å². The average molecular weight is 379 g/mol. The Labute approximate surface area is 168 Å². The van der Waals surface area contributed by atoms with Gasteiger partial charge in [0.1, 0.15) is 6.10 Å². The summed E-state index contributed by atoms with van der Waals surface area (Å²) in [5.41, 5.74) is 1.28. The van der Waals surface area contributed by atoms with E-state index in [1.165, 1.54) is 18.4 Å². The number of nitriles is 1. The Morgan fingerprint density at radius 3 is 2.46 bits per heavy atom. The number of rotatable bonds is 9. The highest BCUT2D eigenvalue weighted by molar-refractivity contribution is 5.39. The molecule has 4 nitrogen and oxygen atoms in total. The Balaban J connectivity index is 1.78. The van der Waals surface area contributed by atoms with Gasteiger partial charge in [-0.05, 0) is 43.9 Å². The Morgan fingerprint density at radius 2 is 1.71 bits per heavy atom. The summed E-state index contributed by atoms with van der Waals surface area (Å²) in [6.45, 7) is 4.23. The molecule has 0 N–H and O–H groups in total. The van der Waals surface area contributed by atoms with E-state index in [4.69, 9.17) is 14.7 Å². The minimum Gasteiger partial charge on any atom is -0.490 e. The quantitative estimate of drug-likeness (QED) is 0.602. The molecule has 0 saturated heterocycles. The zero-order chi connectivity index (χ0) is 19.6. The largest absolute Gasteiger partial charge is 0.490 e. The minimum atomic E-state index is 0.109. The molecule has 4 heteroatoms. The Kier molecular flexibility index (Phi) is 7.75. The van der Waals surface area contributed by atoms with Gasteiger partial charge in [0.2, 0.25) is 0 Å². The molecule has 2 atom stereocenters. The first-order valence-corrected chi connectivity index (χ1v) is 10.3. The second-order valence-electron chi connectivity index (χ2n) is 7.25. The SMILES string of the molecule is CCOc1ccccc1O[C@@H]1CCCC[C@@H]1N(CCC#N)Cc1ccccc1. The lowest BCUT2D eigenvalue weighted by atomic mass is 9.90. The molecule has 2 aromatic carbocycles. The van der Waals surface area contributed by atoms with Gasteiger partial charge in [-0.25, -0.2) is 0 Å². The standard InChI is InChI=1S/C24H30N2O2/c1-2-27-23-15-8-9-16-24(23)28-22-14-7-6-13-21(22)26(18-10-17-25)19-20-11-4-3-5-12-20/h3-5,8-9,11-12,15-16,21-22H,2,6-7,10,13-14,18-19H2,1H3/t21-,22+/m0/s1. The van der Waals surface area contributed by atoms with E-state index in [2.05, 4.69) is 35.2 Å². The Bertz CT molecular complexity index is 757. The van der Waals surface area contributed by atoms with Crippen LogP contribution in [0.15, 0.2) is 54.6 Å². The number of benzene rings is 2. The average Bonchev–Trinajstić information content (AvgIpc) is 2.74. The molecule has 1 aliphatic rings. The van der Waals surface area contributed by atoms with Crippen molar-refractivity contribution < 1.29 is 9.47 Å². The number of nitrogens with zero attached hydrogens (tertiary/aromatic N) is 2. The zero-order valence-corrected chi connectivity index (χ0v) is 16.7. The molecule has 0 aliphatic heterocycles. The van der Waals surface area contributed by atoms with Gasteiger partial charge in [0.05, 0.1) is 12.7 Å². The molecule has 0 heterocycles. The fraction of sp³-hybridized carbons (Fsp3) is 0.458. The Morgan fingerprint density at radius 1 is 1.00 bits per heavy atom. The highest BCUT2D eigenvalue weighted by atomic mass is 16.5. The lowest BCUT2D eigenvalue weighted by molar-refractivity contribution is 0.0306. The smallest absolute Gasteiger partial charge is 0.161 e. The second kappa shape index (κ2) is 10.7. The van der Waals surface area contributed by atoms with Crippen molar-refractivity contribution in [2.24, 2.45) is 0 Å². The molecule has 148 valence electrons. The van der Waals surface area contributed by atoms with Crippen molar-refractivity contribution in [3.8, 4) is 17.6 Å². The van der Waals surface area contributed by atoms with E-state index in [1.54, 1.807) is 0 Å². The highest BCUT2D eigenvalue weighted by Gasteiger charge is 2.32. The van der Waals surface area contributed by atoms with Crippen LogP contribution in [0.2, 0.25) is 0 Å². The normalized spacial score (nSPS) is 19.2. The van der Waals surface area contributed by atoms with Crippen molar-refractivity contribution >= 4 is 0 Å². The number of para-hydroxylation sites is 2. The number of hydrogen-bond donors (Lipinski definition) is 0. The third-order valence-corrected chi connectivity index (χ3v) is 5.30. The van der Waals surface area contributed by atoms with Crippen LogP contribution >= 0.6 is 0 Å². The summed E-state index contributed by atoms with van der Waals surface area (Å²) in [5, 5.41) is 9.15. The third-order valence-electron chi connectivity index (χ3n) is 5.30. The molecule has 0 unspecified atom stereocenters. The highest BCUT2D eigenvalue weighted by Crippen LogP contribution is 2.33. The van der Waals surface area contributed by atoms with Crippen LogP contribution in [-0.4, -0.2) is 30.2 Å². The van der Waals surface area contributed by atoms with E-state index in [1.807, 2.05) is 37.3 Å². The molecule has 0 aromatic heterocycles. The summed E-state index contributed by atoms with van der Waals surface area (Å²) >= 11 is 0. The van der Waals surface area contributed by atoms with Gasteiger partial charge < -0.3 is 9.47 Å².